The third-order valence-electron chi connectivity index (χ3n) is 4.36. The van der Waals surface area contributed by atoms with Gasteiger partial charge in [0.2, 0.25) is 5.78 Å². The molecule has 1 aromatic heterocycles. The summed E-state index contributed by atoms with van der Waals surface area (Å²) in [5, 5.41) is 4.09. The summed E-state index contributed by atoms with van der Waals surface area (Å²) in [5.74, 6) is -0.243. The van der Waals surface area contributed by atoms with Crippen molar-refractivity contribution in [2.75, 3.05) is 5.32 Å². The summed E-state index contributed by atoms with van der Waals surface area (Å²) in [7, 11) is 0. The van der Waals surface area contributed by atoms with E-state index in [1.54, 1.807) is 54.6 Å². The van der Waals surface area contributed by atoms with E-state index >= 15 is 0 Å². The highest BCUT2D eigenvalue weighted by Crippen LogP contribution is 2.21. The van der Waals surface area contributed by atoms with Crippen molar-refractivity contribution in [3.63, 3.8) is 0 Å². The largest absolute Gasteiger partial charge is 0.453 e. The first-order valence-electron chi connectivity index (χ1n) is 8.97. The van der Waals surface area contributed by atoms with Crippen LogP contribution < -0.4 is 5.32 Å². The van der Waals surface area contributed by atoms with Crippen molar-refractivity contribution in [2.24, 2.45) is 0 Å². The number of anilines is 1. The van der Waals surface area contributed by atoms with Crippen molar-refractivity contribution < 1.29 is 14.0 Å². The second-order valence-corrected chi connectivity index (χ2v) is 6.81. The van der Waals surface area contributed by atoms with Gasteiger partial charge < -0.3 is 9.73 Å². The fraction of sp³-hybridized carbons (Fsp3) is 0. The number of amides is 1. The zero-order valence-corrected chi connectivity index (χ0v) is 16.0. The van der Waals surface area contributed by atoms with E-state index in [-0.39, 0.29) is 17.5 Å². The number of allylic oxidation sites excluding steroid dienone is 1. The van der Waals surface area contributed by atoms with Crippen LogP contribution in [0.5, 0.6) is 0 Å². The predicted octanol–water partition coefficient (Wildman–Crippen LogP) is 6.23. The van der Waals surface area contributed by atoms with Crippen LogP contribution in [0.3, 0.4) is 0 Å². The van der Waals surface area contributed by atoms with E-state index in [9.17, 15) is 9.59 Å². The van der Waals surface area contributed by atoms with Crippen LogP contribution in [0.15, 0.2) is 89.4 Å². The zero-order valence-electron chi connectivity index (χ0n) is 15.3. The van der Waals surface area contributed by atoms with Crippen molar-refractivity contribution >= 4 is 46.0 Å². The number of benzene rings is 3. The number of carbonyl (C=O) groups is 2. The third kappa shape index (κ3) is 4.28. The van der Waals surface area contributed by atoms with Crippen LogP contribution in [0.1, 0.15) is 26.5 Å². The van der Waals surface area contributed by atoms with Gasteiger partial charge in [0, 0.05) is 11.1 Å². The van der Waals surface area contributed by atoms with Crippen molar-refractivity contribution in [3.8, 4) is 0 Å². The molecule has 4 aromatic rings. The maximum absolute atomic E-state index is 12.4. The topological polar surface area (TPSA) is 59.3 Å². The zero-order chi connectivity index (χ0) is 20.2. The lowest BCUT2D eigenvalue weighted by Gasteiger charge is -2.07. The second-order valence-electron chi connectivity index (χ2n) is 6.41. The number of nitrogens with one attached hydrogen (secondary N) is 1. The second kappa shape index (κ2) is 8.17. The third-order valence-corrected chi connectivity index (χ3v) is 4.69. The summed E-state index contributed by atoms with van der Waals surface area (Å²) in [6.07, 6.45) is 3.13. The van der Waals surface area contributed by atoms with Gasteiger partial charge in [-0.1, -0.05) is 60.1 Å². The molecule has 4 nitrogen and oxygen atoms in total. The molecule has 1 heterocycles. The van der Waals surface area contributed by atoms with E-state index in [4.69, 9.17) is 16.0 Å². The smallest absolute Gasteiger partial charge is 0.257 e. The maximum atomic E-state index is 12.4. The molecule has 0 spiro atoms. The van der Waals surface area contributed by atoms with Gasteiger partial charge in [0.05, 0.1) is 10.6 Å². The van der Waals surface area contributed by atoms with E-state index in [1.165, 1.54) is 6.08 Å². The normalized spacial score (nSPS) is 11.1. The molecule has 142 valence electrons. The molecule has 5 heteroatoms. The Morgan fingerprint density at radius 3 is 2.52 bits per heavy atom. The van der Waals surface area contributed by atoms with Gasteiger partial charge in [0.25, 0.3) is 5.91 Å². The maximum Gasteiger partial charge on any atom is 0.257 e. The predicted molar refractivity (Wildman–Crippen MR) is 115 cm³/mol. The molecule has 0 saturated carbocycles. The summed E-state index contributed by atoms with van der Waals surface area (Å²) >= 11 is 6.07. The number of hydrogen-bond acceptors (Lipinski definition) is 3. The summed E-state index contributed by atoms with van der Waals surface area (Å²) in [6.45, 7) is 0. The van der Waals surface area contributed by atoms with Crippen molar-refractivity contribution in [3.05, 3.63) is 107 Å². The van der Waals surface area contributed by atoms with Gasteiger partial charge in [-0.05, 0) is 48.0 Å². The Morgan fingerprint density at radius 2 is 1.69 bits per heavy atom. The lowest BCUT2D eigenvalue weighted by Crippen LogP contribution is -2.12. The standard InChI is InChI=1S/C24H16ClNO3/c25-20-10-3-2-9-19(20)24(28)26-18-8-5-6-16(14-18)12-13-21(27)23-15-17-7-1-4-11-22(17)29-23/h1-15H,(H,26,28)/b13-12+. The number of hydrogen-bond donors (Lipinski definition) is 1. The van der Waals surface area contributed by atoms with Crippen molar-refractivity contribution in [1.29, 1.82) is 0 Å². The van der Waals surface area contributed by atoms with E-state index in [0.29, 0.717) is 21.9 Å². The molecular weight excluding hydrogens is 386 g/mol. The van der Waals surface area contributed by atoms with Gasteiger partial charge >= 0.3 is 0 Å². The van der Waals surface area contributed by atoms with E-state index in [1.807, 2.05) is 30.3 Å². The van der Waals surface area contributed by atoms with E-state index < -0.39 is 0 Å². The lowest BCUT2D eigenvalue weighted by atomic mass is 10.1. The number of fused-ring (bicyclic) bond motifs is 1. The average molecular weight is 402 g/mol. The van der Waals surface area contributed by atoms with Gasteiger partial charge in [0.1, 0.15) is 5.58 Å². The van der Waals surface area contributed by atoms with Crippen LogP contribution >= 0.6 is 11.6 Å². The van der Waals surface area contributed by atoms with Crippen molar-refractivity contribution in [1.82, 2.24) is 0 Å². The van der Waals surface area contributed by atoms with Crippen molar-refractivity contribution in [2.45, 2.75) is 0 Å². The molecule has 1 N–H and O–H groups in total. The Hall–Kier alpha value is -3.63. The number of ketones is 1. The molecule has 0 saturated heterocycles. The Labute approximate surface area is 172 Å². The first-order valence-corrected chi connectivity index (χ1v) is 9.35. The Morgan fingerprint density at radius 1 is 0.897 bits per heavy atom. The van der Waals surface area contributed by atoms with Gasteiger partial charge in [0.15, 0.2) is 5.76 Å². The first-order chi connectivity index (χ1) is 14.1. The Kier molecular flexibility index (Phi) is 5.27. The highest BCUT2D eigenvalue weighted by atomic mass is 35.5. The summed E-state index contributed by atoms with van der Waals surface area (Å²) in [5.41, 5.74) is 2.45. The van der Waals surface area contributed by atoms with Crippen LogP contribution in [0.25, 0.3) is 17.0 Å². The molecule has 1 amide bonds. The van der Waals surface area contributed by atoms with Gasteiger partial charge in [-0.25, -0.2) is 0 Å². The average Bonchev–Trinajstić information content (AvgIpc) is 3.17. The fourth-order valence-electron chi connectivity index (χ4n) is 2.92. The molecule has 0 aliphatic heterocycles. The molecule has 0 fully saturated rings. The van der Waals surface area contributed by atoms with Crippen LogP contribution in [-0.2, 0) is 0 Å². The van der Waals surface area contributed by atoms with Crippen LogP contribution in [-0.4, -0.2) is 11.7 Å². The van der Waals surface area contributed by atoms with Gasteiger partial charge in [-0.2, -0.15) is 0 Å². The first kappa shape index (κ1) is 18.7. The molecule has 0 radical (unpaired) electrons. The number of para-hydroxylation sites is 1. The minimum absolute atomic E-state index is 0.230. The summed E-state index contributed by atoms with van der Waals surface area (Å²) in [4.78, 5) is 24.8. The monoisotopic (exact) mass is 401 g/mol. The molecule has 29 heavy (non-hydrogen) atoms. The number of halogens is 1. The summed E-state index contributed by atoms with van der Waals surface area (Å²) in [6, 6.07) is 23.2. The molecule has 3 aromatic carbocycles. The number of carbonyl (C=O) groups excluding carboxylic acids is 2. The number of rotatable bonds is 5. The minimum atomic E-state index is -0.296. The van der Waals surface area contributed by atoms with Crippen LogP contribution in [0, 0.1) is 0 Å². The van der Waals surface area contributed by atoms with E-state index in [0.717, 1.165) is 10.9 Å². The Bertz CT molecular complexity index is 1210. The van der Waals surface area contributed by atoms with Gasteiger partial charge in [-0.15, -0.1) is 0 Å². The minimum Gasteiger partial charge on any atom is -0.453 e. The van der Waals surface area contributed by atoms with Crippen LogP contribution in [0.2, 0.25) is 5.02 Å². The molecule has 0 bridgehead atoms. The van der Waals surface area contributed by atoms with E-state index in [2.05, 4.69) is 5.32 Å². The number of furan rings is 1. The molecule has 0 aliphatic carbocycles. The highest BCUT2D eigenvalue weighted by molar-refractivity contribution is 6.34. The van der Waals surface area contributed by atoms with Crippen LogP contribution in [0.4, 0.5) is 5.69 Å². The Balaban J connectivity index is 1.49. The fourth-order valence-corrected chi connectivity index (χ4v) is 3.14. The summed E-state index contributed by atoms with van der Waals surface area (Å²) < 4.78 is 5.58. The lowest BCUT2D eigenvalue weighted by molar-refractivity contribution is 0.101. The molecular formula is C24H16ClNO3. The quantitative estimate of drug-likeness (QED) is 0.318. The molecule has 0 unspecified atom stereocenters. The highest BCUT2D eigenvalue weighted by Gasteiger charge is 2.11. The van der Waals surface area contributed by atoms with Gasteiger partial charge in [-0.3, -0.25) is 9.59 Å². The molecule has 4 rings (SSSR count). The molecule has 0 atom stereocenters. The SMILES string of the molecule is O=C(/C=C/c1cccc(NC(=O)c2ccccc2Cl)c1)c1cc2ccccc2o1. The molecule has 0 aliphatic rings.